The number of fused-ring (bicyclic) bond motifs is 1. The van der Waals surface area contributed by atoms with Crippen LogP contribution in [0.15, 0.2) is 92.7 Å². The molecule has 7 heteroatoms. The van der Waals surface area contributed by atoms with Gasteiger partial charge in [-0.2, -0.15) is 0 Å². The minimum Gasteiger partial charge on any atom is -0.464 e. The molecule has 37 heavy (non-hydrogen) atoms. The molecule has 6 nitrogen and oxygen atoms in total. The molecule has 3 aromatic carbocycles. The van der Waals surface area contributed by atoms with Gasteiger partial charge in [-0.3, -0.25) is 14.4 Å². The van der Waals surface area contributed by atoms with E-state index in [2.05, 4.69) is 15.9 Å². The maximum absolute atomic E-state index is 13.7. The Kier molecular flexibility index (Phi) is 7.24. The second-order valence-electron chi connectivity index (χ2n) is 9.50. The molecule has 0 atom stereocenters. The van der Waals surface area contributed by atoms with Gasteiger partial charge in [-0.15, -0.1) is 0 Å². The van der Waals surface area contributed by atoms with Crippen molar-refractivity contribution in [3.8, 4) is 0 Å². The number of aryl methyl sites for hydroxylation is 1. The van der Waals surface area contributed by atoms with Crippen molar-refractivity contribution in [2.75, 3.05) is 6.54 Å². The molecule has 1 heterocycles. The van der Waals surface area contributed by atoms with Gasteiger partial charge in [0.25, 0.3) is 5.91 Å². The molecule has 0 N–H and O–H groups in total. The average Bonchev–Trinajstić information content (AvgIpc) is 3.74. The Balaban J connectivity index is 1.43. The van der Waals surface area contributed by atoms with E-state index in [1.54, 1.807) is 34.1 Å². The van der Waals surface area contributed by atoms with E-state index in [4.69, 9.17) is 4.42 Å². The molecule has 0 bridgehead atoms. The summed E-state index contributed by atoms with van der Waals surface area (Å²) in [7, 11) is 0. The lowest BCUT2D eigenvalue weighted by atomic mass is 10.1. The number of hydrogen-bond acceptors (Lipinski definition) is 4. The summed E-state index contributed by atoms with van der Waals surface area (Å²) < 4.78 is 6.62. The Hall–Kier alpha value is -3.71. The van der Waals surface area contributed by atoms with Crippen LogP contribution in [-0.4, -0.2) is 34.2 Å². The summed E-state index contributed by atoms with van der Waals surface area (Å²) in [6.45, 7) is 2.27. The Bertz CT molecular complexity index is 1490. The molecule has 0 radical (unpaired) electrons. The first kappa shape index (κ1) is 25.0. The molecule has 0 aliphatic heterocycles. The van der Waals surface area contributed by atoms with E-state index in [0.717, 1.165) is 28.4 Å². The van der Waals surface area contributed by atoms with Crippen LogP contribution in [0.4, 0.5) is 0 Å². The van der Waals surface area contributed by atoms with Gasteiger partial charge in [0.2, 0.25) is 5.91 Å². The Morgan fingerprint density at radius 1 is 0.973 bits per heavy atom. The summed E-state index contributed by atoms with van der Waals surface area (Å²) >= 11 is 3.40. The SMILES string of the molecule is Cc1ccc2occ(CN(Cc3ccccc3)C(=O)CN(C(=O)c3ccc(Br)cc3)C3CC3)c(=O)c2c1. The topological polar surface area (TPSA) is 70.8 Å². The zero-order valence-corrected chi connectivity index (χ0v) is 22.1. The smallest absolute Gasteiger partial charge is 0.254 e. The van der Waals surface area contributed by atoms with E-state index in [9.17, 15) is 14.4 Å². The van der Waals surface area contributed by atoms with Crippen LogP contribution in [-0.2, 0) is 17.9 Å². The second-order valence-corrected chi connectivity index (χ2v) is 10.4. The summed E-state index contributed by atoms with van der Waals surface area (Å²) in [5.41, 5.74) is 3.21. The fourth-order valence-corrected chi connectivity index (χ4v) is 4.66. The molecule has 0 unspecified atom stereocenters. The van der Waals surface area contributed by atoms with E-state index in [1.807, 2.05) is 55.5 Å². The van der Waals surface area contributed by atoms with Crippen molar-refractivity contribution in [3.05, 3.63) is 116 Å². The molecule has 4 aromatic rings. The summed E-state index contributed by atoms with van der Waals surface area (Å²) in [6, 6.07) is 22.3. The molecule has 2 amide bonds. The highest BCUT2D eigenvalue weighted by Gasteiger charge is 2.35. The number of benzene rings is 3. The standard InChI is InChI=1S/C30H27BrN2O4/c1-20-7-14-27-26(15-20)29(35)23(19-37-27)17-32(16-21-5-3-2-4-6-21)28(34)18-33(25-12-13-25)30(36)22-8-10-24(31)11-9-22/h2-11,14-15,19,25H,12-13,16-18H2,1H3. The monoisotopic (exact) mass is 558 g/mol. The fraction of sp³-hybridized carbons (Fsp3) is 0.233. The Labute approximate surface area is 223 Å². The first-order valence-electron chi connectivity index (χ1n) is 12.3. The predicted octanol–water partition coefficient (Wildman–Crippen LogP) is 5.70. The molecule has 0 saturated heterocycles. The van der Waals surface area contributed by atoms with Crippen LogP contribution in [0.5, 0.6) is 0 Å². The van der Waals surface area contributed by atoms with Crippen LogP contribution in [0, 0.1) is 6.92 Å². The van der Waals surface area contributed by atoms with E-state index >= 15 is 0 Å². The van der Waals surface area contributed by atoms with Crippen molar-refractivity contribution in [2.24, 2.45) is 0 Å². The van der Waals surface area contributed by atoms with Crippen LogP contribution in [0.1, 0.15) is 39.9 Å². The molecule has 1 aromatic heterocycles. The molecule has 188 valence electrons. The van der Waals surface area contributed by atoms with Gasteiger partial charge in [0.1, 0.15) is 12.1 Å². The highest BCUT2D eigenvalue weighted by molar-refractivity contribution is 9.10. The van der Waals surface area contributed by atoms with Crippen LogP contribution in [0.2, 0.25) is 0 Å². The molecule has 1 aliphatic carbocycles. The van der Waals surface area contributed by atoms with Gasteiger partial charge < -0.3 is 14.2 Å². The third kappa shape index (κ3) is 5.83. The average molecular weight is 559 g/mol. The number of rotatable bonds is 8. The normalized spacial score (nSPS) is 12.9. The fourth-order valence-electron chi connectivity index (χ4n) is 4.39. The third-order valence-corrected chi connectivity index (χ3v) is 7.10. The van der Waals surface area contributed by atoms with Crippen molar-refractivity contribution >= 4 is 38.7 Å². The van der Waals surface area contributed by atoms with Crippen LogP contribution < -0.4 is 5.43 Å². The van der Waals surface area contributed by atoms with Gasteiger partial charge in [0.15, 0.2) is 5.43 Å². The van der Waals surface area contributed by atoms with E-state index in [-0.39, 0.29) is 36.4 Å². The molecular formula is C30H27BrN2O4. The zero-order chi connectivity index (χ0) is 25.9. The molecule has 5 rings (SSSR count). The second kappa shape index (κ2) is 10.7. The predicted molar refractivity (Wildman–Crippen MR) is 146 cm³/mol. The molecular weight excluding hydrogens is 532 g/mol. The number of carbonyl (C=O) groups is 2. The number of nitrogens with zero attached hydrogens (tertiary/aromatic N) is 2. The summed E-state index contributed by atoms with van der Waals surface area (Å²) in [5, 5.41) is 0.495. The maximum atomic E-state index is 13.7. The largest absolute Gasteiger partial charge is 0.464 e. The minimum absolute atomic E-state index is 0.0485. The first-order chi connectivity index (χ1) is 17.9. The van der Waals surface area contributed by atoms with Gasteiger partial charge >= 0.3 is 0 Å². The van der Waals surface area contributed by atoms with Gasteiger partial charge in [-0.05, 0) is 61.7 Å². The van der Waals surface area contributed by atoms with Crippen molar-refractivity contribution in [1.29, 1.82) is 0 Å². The van der Waals surface area contributed by atoms with E-state index in [0.29, 0.717) is 28.6 Å². The van der Waals surface area contributed by atoms with Gasteiger partial charge in [-0.1, -0.05) is 57.9 Å². The van der Waals surface area contributed by atoms with Gasteiger partial charge in [0, 0.05) is 22.6 Å². The van der Waals surface area contributed by atoms with Crippen LogP contribution in [0.25, 0.3) is 11.0 Å². The van der Waals surface area contributed by atoms with E-state index < -0.39 is 0 Å². The Morgan fingerprint density at radius 2 is 1.70 bits per heavy atom. The highest BCUT2D eigenvalue weighted by Crippen LogP contribution is 2.29. The quantitative estimate of drug-likeness (QED) is 0.278. The van der Waals surface area contributed by atoms with E-state index in [1.165, 1.54) is 6.26 Å². The number of carbonyl (C=O) groups excluding carboxylic acids is 2. The number of halogens is 1. The summed E-state index contributed by atoms with van der Waals surface area (Å²) in [5.74, 6) is -0.381. The molecule has 0 spiro atoms. The lowest BCUT2D eigenvalue weighted by molar-refractivity contribution is -0.133. The third-order valence-electron chi connectivity index (χ3n) is 6.57. The van der Waals surface area contributed by atoms with Crippen LogP contribution >= 0.6 is 15.9 Å². The summed E-state index contributed by atoms with van der Waals surface area (Å²) in [6.07, 6.45) is 3.20. The van der Waals surface area contributed by atoms with Crippen LogP contribution in [0.3, 0.4) is 0 Å². The molecule has 1 saturated carbocycles. The Morgan fingerprint density at radius 3 is 2.41 bits per heavy atom. The lowest BCUT2D eigenvalue weighted by Gasteiger charge is -2.28. The van der Waals surface area contributed by atoms with Crippen molar-refractivity contribution in [2.45, 2.75) is 38.9 Å². The minimum atomic E-state index is -0.218. The van der Waals surface area contributed by atoms with Crippen molar-refractivity contribution in [3.63, 3.8) is 0 Å². The van der Waals surface area contributed by atoms with Gasteiger partial charge in [-0.25, -0.2) is 0 Å². The zero-order valence-electron chi connectivity index (χ0n) is 20.5. The number of amides is 2. The number of hydrogen-bond donors (Lipinski definition) is 0. The van der Waals surface area contributed by atoms with Crippen molar-refractivity contribution < 1.29 is 14.0 Å². The maximum Gasteiger partial charge on any atom is 0.254 e. The van der Waals surface area contributed by atoms with Gasteiger partial charge in [0.05, 0.1) is 23.8 Å². The summed E-state index contributed by atoms with van der Waals surface area (Å²) in [4.78, 5) is 43.6. The lowest BCUT2D eigenvalue weighted by Crippen LogP contribution is -2.44. The highest BCUT2D eigenvalue weighted by atomic mass is 79.9. The molecule has 1 aliphatic rings. The first-order valence-corrected chi connectivity index (χ1v) is 13.1. The molecule has 1 fully saturated rings. The van der Waals surface area contributed by atoms with Crippen molar-refractivity contribution in [1.82, 2.24) is 9.80 Å².